The lowest BCUT2D eigenvalue weighted by Gasteiger charge is -2.18. The second-order valence-electron chi connectivity index (χ2n) is 8.51. The lowest BCUT2D eigenvalue weighted by atomic mass is 9.95. The first-order valence-electron chi connectivity index (χ1n) is 11.7. The maximum absolute atomic E-state index is 12.6. The van der Waals surface area contributed by atoms with E-state index in [0.717, 1.165) is 18.4 Å². The highest BCUT2D eigenvalue weighted by molar-refractivity contribution is 6.03. The second-order valence-corrected chi connectivity index (χ2v) is 8.51. The average Bonchev–Trinajstić information content (AvgIpc) is 3.01. The van der Waals surface area contributed by atoms with Gasteiger partial charge in [-0.3, -0.25) is 14.5 Å². The summed E-state index contributed by atoms with van der Waals surface area (Å²) >= 11 is 0. The van der Waals surface area contributed by atoms with Gasteiger partial charge in [0.1, 0.15) is 0 Å². The largest absolute Gasteiger partial charge is 0.392 e. The van der Waals surface area contributed by atoms with Gasteiger partial charge in [-0.1, -0.05) is 108 Å². The van der Waals surface area contributed by atoms with E-state index in [2.05, 4.69) is 6.92 Å². The number of imide groups is 1. The molecule has 1 fully saturated rings. The zero-order chi connectivity index (χ0) is 20.9. The Morgan fingerprint density at radius 2 is 1.45 bits per heavy atom. The first-order chi connectivity index (χ1) is 14.1. The fourth-order valence-corrected chi connectivity index (χ4v) is 4.16. The molecule has 1 saturated heterocycles. The minimum Gasteiger partial charge on any atom is -0.392 e. The van der Waals surface area contributed by atoms with Crippen molar-refractivity contribution in [3.63, 3.8) is 0 Å². The number of hydrogen-bond donors (Lipinski definition) is 1. The van der Waals surface area contributed by atoms with Crippen molar-refractivity contribution in [1.29, 1.82) is 0 Å². The molecule has 162 valence electrons. The minimum absolute atomic E-state index is 0.144. The lowest BCUT2D eigenvalue weighted by Crippen LogP contribution is -2.33. The van der Waals surface area contributed by atoms with E-state index in [-0.39, 0.29) is 18.2 Å². The number of carbonyl (C=O) groups is 2. The topological polar surface area (TPSA) is 57.6 Å². The molecule has 1 heterocycles. The zero-order valence-corrected chi connectivity index (χ0v) is 18.2. The fraction of sp³-hybridized carbons (Fsp3) is 0.680. The van der Waals surface area contributed by atoms with Crippen molar-refractivity contribution in [2.75, 3.05) is 0 Å². The van der Waals surface area contributed by atoms with Crippen LogP contribution in [0.5, 0.6) is 0 Å². The van der Waals surface area contributed by atoms with Gasteiger partial charge < -0.3 is 5.11 Å². The van der Waals surface area contributed by atoms with E-state index in [1.165, 1.54) is 62.7 Å². The number of hydrogen-bond acceptors (Lipinski definition) is 3. The quantitative estimate of drug-likeness (QED) is 0.306. The van der Waals surface area contributed by atoms with E-state index in [4.69, 9.17) is 0 Å². The standard InChI is InChI=1S/C25H39NO3/c1-2-3-4-5-6-7-8-9-10-11-15-18-23(27)22-19-24(28)26(25(22)29)20-21-16-13-12-14-17-21/h12-14,16-17,22-23,27H,2-11,15,18-20H2,1H3/t22-,23+/m0/s1. The molecule has 0 aliphatic carbocycles. The third-order valence-electron chi connectivity index (χ3n) is 6.03. The molecule has 4 nitrogen and oxygen atoms in total. The van der Waals surface area contributed by atoms with Crippen LogP contribution < -0.4 is 0 Å². The van der Waals surface area contributed by atoms with Crippen LogP contribution in [0.2, 0.25) is 0 Å². The maximum atomic E-state index is 12.6. The number of carbonyl (C=O) groups excluding carboxylic acids is 2. The zero-order valence-electron chi connectivity index (χ0n) is 18.2. The average molecular weight is 402 g/mol. The Labute approximate surface area is 176 Å². The van der Waals surface area contributed by atoms with Crippen LogP contribution in [0.25, 0.3) is 0 Å². The summed E-state index contributed by atoms with van der Waals surface area (Å²) in [6, 6.07) is 9.54. The fourth-order valence-electron chi connectivity index (χ4n) is 4.16. The molecule has 0 radical (unpaired) electrons. The lowest BCUT2D eigenvalue weighted by molar-refractivity contribution is -0.141. The number of aliphatic hydroxyl groups is 1. The smallest absolute Gasteiger partial charge is 0.235 e. The van der Waals surface area contributed by atoms with Gasteiger partial charge in [0, 0.05) is 6.42 Å². The highest BCUT2D eigenvalue weighted by Crippen LogP contribution is 2.27. The van der Waals surface area contributed by atoms with Crippen molar-refractivity contribution in [3.8, 4) is 0 Å². The summed E-state index contributed by atoms with van der Waals surface area (Å²) < 4.78 is 0. The summed E-state index contributed by atoms with van der Waals surface area (Å²) in [7, 11) is 0. The van der Waals surface area contributed by atoms with Crippen molar-refractivity contribution in [3.05, 3.63) is 35.9 Å². The van der Waals surface area contributed by atoms with Crippen LogP contribution in [0, 0.1) is 5.92 Å². The molecule has 0 unspecified atom stereocenters. The van der Waals surface area contributed by atoms with Crippen LogP contribution >= 0.6 is 0 Å². The van der Waals surface area contributed by atoms with Gasteiger partial charge in [0.2, 0.25) is 11.8 Å². The van der Waals surface area contributed by atoms with Crippen molar-refractivity contribution in [1.82, 2.24) is 4.90 Å². The third kappa shape index (κ3) is 8.30. The van der Waals surface area contributed by atoms with Gasteiger partial charge in [-0.2, -0.15) is 0 Å². The van der Waals surface area contributed by atoms with Gasteiger partial charge in [-0.15, -0.1) is 0 Å². The molecule has 0 bridgehead atoms. The van der Waals surface area contributed by atoms with E-state index < -0.39 is 12.0 Å². The SMILES string of the molecule is CCCCCCCCCCCCC[C@@H](O)[C@@H]1CC(=O)N(Cc2ccccc2)C1=O. The van der Waals surface area contributed by atoms with Crippen molar-refractivity contribution in [2.24, 2.45) is 5.92 Å². The molecule has 0 saturated carbocycles. The molecule has 1 aliphatic heterocycles. The minimum atomic E-state index is -0.703. The highest BCUT2D eigenvalue weighted by Gasteiger charge is 2.41. The van der Waals surface area contributed by atoms with Crippen LogP contribution in [0.1, 0.15) is 96.0 Å². The Morgan fingerprint density at radius 1 is 0.897 bits per heavy atom. The van der Waals surface area contributed by atoms with Crippen LogP contribution in [-0.4, -0.2) is 27.9 Å². The molecule has 2 rings (SSSR count). The van der Waals surface area contributed by atoms with E-state index in [1.807, 2.05) is 30.3 Å². The Balaban J connectivity index is 1.58. The molecule has 1 N–H and O–H groups in total. The van der Waals surface area contributed by atoms with Crippen LogP contribution in [0.3, 0.4) is 0 Å². The molecule has 2 atom stereocenters. The number of amides is 2. The molecule has 1 aromatic rings. The van der Waals surface area contributed by atoms with Crippen molar-refractivity contribution >= 4 is 11.8 Å². The second kappa shape index (κ2) is 13.5. The summed E-state index contributed by atoms with van der Waals surface area (Å²) in [6.45, 7) is 2.55. The summed E-state index contributed by atoms with van der Waals surface area (Å²) in [4.78, 5) is 26.2. The molecule has 0 aromatic heterocycles. The predicted octanol–water partition coefficient (Wildman–Crippen LogP) is 5.62. The van der Waals surface area contributed by atoms with Gasteiger partial charge in [0.25, 0.3) is 0 Å². The van der Waals surface area contributed by atoms with Crippen molar-refractivity contribution < 1.29 is 14.7 Å². The van der Waals surface area contributed by atoms with Gasteiger partial charge in [0.15, 0.2) is 0 Å². The maximum Gasteiger partial charge on any atom is 0.235 e. The molecule has 2 amide bonds. The molecule has 0 spiro atoms. The highest BCUT2D eigenvalue weighted by atomic mass is 16.3. The summed E-state index contributed by atoms with van der Waals surface area (Å²) in [5.74, 6) is -0.939. The van der Waals surface area contributed by atoms with Gasteiger partial charge in [0.05, 0.1) is 18.6 Å². The number of aliphatic hydroxyl groups excluding tert-OH is 1. The molecule has 4 heteroatoms. The Hall–Kier alpha value is -1.68. The normalized spacial score (nSPS) is 17.9. The number of unbranched alkanes of at least 4 members (excludes halogenated alkanes) is 10. The number of nitrogens with zero attached hydrogens (tertiary/aromatic N) is 1. The van der Waals surface area contributed by atoms with Crippen LogP contribution in [-0.2, 0) is 16.1 Å². The summed E-state index contributed by atoms with van der Waals surface area (Å²) in [6.07, 6.45) is 13.9. The molecule has 29 heavy (non-hydrogen) atoms. The van der Waals surface area contributed by atoms with E-state index >= 15 is 0 Å². The van der Waals surface area contributed by atoms with E-state index in [9.17, 15) is 14.7 Å². The number of likely N-dealkylation sites (tertiary alicyclic amines) is 1. The predicted molar refractivity (Wildman–Crippen MR) is 117 cm³/mol. The van der Waals surface area contributed by atoms with Crippen LogP contribution in [0.15, 0.2) is 30.3 Å². The van der Waals surface area contributed by atoms with E-state index in [0.29, 0.717) is 13.0 Å². The third-order valence-corrected chi connectivity index (χ3v) is 6.03. The van der Waals surface area contributed by atoms with Gasteiger partial charge >= 0.3 is 0 Å². The number of rotatable bonds is 15. The molecule has 1 aliphatic rings. The van der Waals surface area contributed by atoms with E-state index in [1.54, 1.807) is 0 Å². The van der Waals surface area contributed by atoms with Crippen molar-refractivity contribution in [2.45, 2.75) is 103 Å². The summed E-state index contributed by atoms with van der Waals surface area (Å²) in [5.41, 5.74) is 0.940. The molecular formula is C25H39NO3. The van der Waals surface area contributed by atoms with Crippen LogP contribution in [0.4, 0.5) is 0 Å². The first-order valence-corrected chi connectivity index (χ1v) is 11.7. The molecule has 1 aromatic carbocycles. The number of benzene rings is 1. The summed E-state index contributed by atoms with van der Waals surface area (Å²) in [5, 5.41) is 10.5. The Morgan fingerprint density at radius 3 is 2.03 bits per heavy atom. The first kappa shape index (κ1) is 23.6. The van der Waals surface area contributed by atoms with Gasteiger partial charge in [-0.25, -0.2) is 0 Å². The van der Waals surface area contributed by atoms with Gasteiger partial charge in [-0.05, 0) is 12.0 Å². The Kier molecular flexibility index (Phi) is 11.0. The Bertz CT molecular complexity index is 601. The molecular weight excluding hydrogens is 362 g/mol. The monoisotopic (exact) mass is 401 g/mol.